The Morgan fingerprint density at radius 3 is 2.47 bits per heavy atom. The van der Waals surface area contributed by atoms with Crippen LogP contribution in [0, 0.1) is 20.8 Å². The highest BCUT2D eigenvalue weighted by Gasteiger charge is 2.22. The van der Waals surface area contributed by atoms with E-state index in [9.17, 15) is 14.7 Å². The topological polar surface area (TPSA) is 90.7 Å². The number of benzene rings is 2. The van der Waals surface area contributed by atoms with E-state index in [1.54, 1.807) is 29.8 Å². The second-order valence-electron chi connectivity index (χ2n) is 8.05. The van der Waals surface area contributed by atoms with Crippen molar-refractivity contribution in [2.45, 2.75) is 27.2 Å². The lowest BCUT2D eigenvalue weighted by molar-refractivity contribution is -0.136. The number of rotatable bonds is 8. The molecule has 0 bridgehead atoms. The maximum absolute atomic E-state index is 13.5. The van der Waals surface area contributed by atoms with E-state index in [1.807, 2.05) is 56.3 Å². The van der Waals surface area contributed by atoms with Gasteiger partial charge in [0, 0.05) is 22.8 Å². The molecule has 0 amide bonds. The molecule has 4 rings (SSSR count). The minimum Gasteiger partial charge on any atom is -0.490 e. The number of carboxylic acids is 1. The molecule has 0 aliphatic carbocycles. The highest BCUT2D eigenvalue weighted by Crippen LogP contribution is 2.28. The average molecular weight is 459 g/mol. The molecule has 7 nitrogen and oxygen atoms in total. The second kappa shape index (κ2) is 9.79. The number of aryl methyl sites for hydroxylation is 2. The number of carbonyl (C=O) groups excluding carboxylic acids is 1. The Labute approximate surface area is 197 Å². The second-order valence-corrected chi connectivity index (χ2v) is 8.05. The monoisotopic (exact) mass is 458 g/mol. The molecule has 0 radical (unpaired) electrons. The summed E-state index contributed by atoms with van der Waals surface area (Å²) in [7, 11) is 0. The van der Waals surface area contributed by atoms with Gasteiger partial charge in [-0.05, 0) is 68.3 Å². The van der Waals surface area contributed by atoms with Gasteiger partial charge in [-0.2, -0.15) is 0 Å². The summed E-state index contributed by atoms with van der Waals surface area (Å²) >= 11 is 0. The predicted molar refractivity (Wildman–Crippen MR) is 129 cm³/mol. The number of pyridine rings is 1. The smallest absolute Gasteiger partial charge is 0.307 e. The van der Waals surface area contributed by atoms with E-state index in [1.165, 1.54) is 0 Å². The lowest BCUT2D eigenvalue weighted by Gasteiger charge is -2.13. The molecule has 0 saturated carbocycles. The van der Waals surface area contributed by atoms with Crippen LogP contribution in [-0.4, -0.2) is 39.7 Å². The maximum atomic E-state index is 13.5. The number of hydrogen-bond donors (Lipinski definition) is 1. The summed E-state index contributed by atoms with van der Waals surface area (Å²) in [6, 6.07) is 16.4. The Balaban J connectivity index is 1.52. The van der Waals surface area contributed by atoms with Crippen LogP contribution < -0.4 is 9.47 Å². The summed E-state index contributed by atoms with van der Waals surface area (Å²) < 4.78 is 13.1. The van der Waals surface area contributed by atoms with Crippen molar-refractivity contribution in [3.63, 3.8) is 0 Å². The van der Waals surface area contributed by atoms with Crippen LogP contribution in [0.2, 0.25) is 0 Å². The van der Waals surface area contributed by atoms with Gasteiger partial charge in [0.1, 0.15) is 24.7 Å². The molecule has 0 aliphatic rings. The molecular weight excluding hydrogens is 432 g/mol. The summed E-state index contributed by atoms with van der Waals surface area (Å²) in [5, 5.41) is 10.1. The van der Waals surface area contributed by atoms with Gasteiger partial charge in [-0.15, -0.1) is 0 Å². The van der Waals surface area contributed by atoms with Gasteiger partial charge in [0.05, 0.1) is 17.6 Å². The van der Waals surface area contributed by atoms with E-state index in [0.29, 0.717) is 41.3 Å². The molecule has 4 aromatic rings. The van der Waals surface area contributed by atoms with Gasteiger partial charge in [-0.25, -0.2) is 0 Å². The third-order valence-electron chi connectivity index (χ3n) is 5.77. The lowest BCUT2D eigenvalue weighted by Crippen LogP contribution is -2.16. The molecule has 0 aliphatic heterocycles. The number of nitrogens with zero attached hydrogens (tertiary/aromatic N) is 2. The number of hydrogen-bond acceptors (Lipinski definition) is 5. The van der Waals surface area contributed by atoms with Crippen LogP contribution in [0.1, 0.15) is 32.9 Å². The van der Waals surface area contributed by atoms with Gasteiger partial charge in [-0.3, -0.25) is 19.1 Å². The minimum absolute atomic E-state index is 0.140. The highest BCUT2D eigenvalue weighted by molar-refractivity contribution is 6.05. The number of carbonyl (C=O) groups is 2. The zero-order valence-electron chi connectivity index (χ0n) is 19.4. The van der Waals surface area contributed by atoms with Gasteiger partial charge in [0.25, 0.3) is 5.91 Å². The van der Waals surface area contributed by atoms with Crippen LogP contribution in [-0.2, 0) is 11.2 Å². The predicted octanol–water partition coefficient (Wildman–Crippen LogP) is 4.73. The number of aromatic nitrogens is 2. The first-order valence-corrected chi connectivity index (χ1v) is 11.0. The lowest BCUT2D eigenvalue weighted by atomic mass is 10.1. The molecule has 1 N–H and O–H groups in total. The Morgan fingerprint density at radius 1 is 0.971 bits per heavy atom. The zero-order chi connectivity index (χ0) is 24.2. The van der Waals surface area contributed by atoms with E-state index in [-0.39, 0.29) is 12.3 Å². The third kappa shape index (κ3) is 4.64. The van der Waals surface area contributed by atoms with Crippen molar-refractivity contribution >= 4 is 22.8 Å². The van der Waals surface area contributed by atoms with Crippen molar-refractivity contribution in [1.29, 1.82) is 0 Å². The molecule has 34 heavy (non-hydrogen) atoms. The molecule has 0 unspecified atom stereocenters. The zero-order valence-corrected chi connectivity index (χ0v) is 19.4. The molecule has 0 spiro atoms. The van der Waals surface area contributed by atoms with Gasteiger partial charge >= 0.3 is 5.97 Å². The number of carboxylic acid groups (broad SMARTS) is 1. The van der Waals surface area contributed by atoms with Crippen LogP contribution >= 0.6 is 0 Å². The van der Waals surface area contributed by atoms with E-state index >= 15 is 0 Å². The Hall–Kier alpha value is -4.13. The van der Waals surface area contributed by atoms with Gasteiger partial charge in [0.15, 0.2) is 0 Å². The summed E-state index contributed by atoms with van der Waals surface area (Å²) in [5.41, 5.74) is 4.10. The van der Waals surface area contributed by atoms with Crippen LogP contribution in [0.25, 0.3) is 10.9 Å². The molecule has 0 atom stereocenters. The number of fused-ring (bicyclic) bond motifs is 1. The number of aliphatic carboxylic acids is 1. The molecule has 0 fully saturated rings. The van der Waals surface area contributed by atoms with E-state index < -0.39 is 5.97 Å². The summed E-state index contributed by atoms with van der Waals surface area (Å²) in [4.78, 5) is 29.1. The molecule has 0 saturated heterocycles. The van der Waals surface area contributed by atoms with E-state index in [2.05, 4.69) is 4.98 Å². The summed E-state index contributed by atoms with van der Waals surface area (Å²) in [6.07, 6.45) is 1.58. The maximum Gasteiger partial charge on any atom is 0.307 e. The SMILES string of the molecule is Cc1cc(OCCOc2cccnc2C)ccc1C(=O)n1c(C)c(CC(=O)O)c2ccccc21. The number of para-hydroxylation sites is 1. The van der Waals surface area contributed by atoms with Crippen LogP contribution in [0.3, 0.4) is 0 Å². The molecule has 2 aromatic carbocycles. The van der Waals surface area contributed by atoms with Crippen LogP contribution in [0.4, 0.5) is 0 Å². The quantitative estimate of drug-likeness (QED) is 0.384. The van der Waals surface area contributed by atoms with Crippen molar-refractivity contribution in [2.24, 2.45) is 0 Å². The van der Waals surface area contributed by atoms with Crippen molar-refractivity contribution in [1.82, 2.24) is 9.55 Å². The van der Waals surface area contributed by atoms with Gasteiger partial charge in [0.2, 0.25) is 0 Å². The first kappa shape index (κ1) is 23.0. The Bertz CT molecular complexity index is 1370. The molecule has 7 heteroatoms. The highest BCUT2D eigenvalue weighted by atomic mass is 16.5. The largest absolute Gasteiger partial charge is 0.490 e. The van der Waals surface area contributed by atoms with Crippen molar-refractivity contribution in [2.75, 3.05) is 13.2 Å². The normalized spacial score (nSPS) is 10.9. The van der Waals surface area contributed by atoms with Crippen LogP contribution in [0.5, 0.6) is 11.5 Å². The Kier molecular flexibility index (Phi) is 6.63. The average Bonchev–Trinajstić information content (AvgIpc) is 3.08. The molecular formula is C27H26N2O5. The van der Waals surface area contributed by atoms with E-state index in [0.717, 1.165) is 22.4 Å². The van der Waals surface area contributed by atoms with Crippen molar-refractivity contribution in [3.05, 3.63) is 88.9 Å². The molecule has 2 aromatic heterocycles. The van der Waals surface area contributed by atoms with Crippen LogP contribution in [0.15, 0.2) is 60.8 Å². The number of ether oxygens (including phenoxy) is 2. The first-order valence-electron chi connectivity index (χ1n) is 11.0. The van der Waals surface area contributed by atoms with Crippen molar-refractivity contribution < 1.29 is 24.2 Å². The standard InChI is InChI=1S/C27H26N2O5/c1-17-15-20(33-13-14-34-25-9-6-12-28-18(25)2)10-11-21(17)27(32)29-19(3)23(16-26(30)31)22-7-4-5-8-24(22)29/h4-12,15H,13-14,16H2,1-3H3,(H,30,31). The fourth-order valence-corrected chi connectivity index (χ4v) is 4.09. The minimum atomic E-state index is -0.932. The molecule has 174 valence electrons. The third-order valence-corrected chi connectivity index (χ3v) is 5.77. The summed E-state index contributed by atoms with van der Waals surface area (Å²) in [5.74, 6) is 0.226. The van der Waals surface area contributed by atoms with Gasteiger partial charge < -0.3 is 14.6 Å². The first-order chi connectivity index (χ1) is 16.4. The fraction of sp³-hybridized carbons (Fsp3) is 0.222. The fourth-order valence-electron chi connectivity index (χ4n) is 4.09. The Morgan fingerprint density at radius 2 is 1.74 bits per heavy atom. The van der Waals surface area contributed by atoms with Gasteiger partial charge in [-0.1, -0.05) is 18.2 Å². The van der Waals surface area contributed by atoms with E-state index in [4.69, 9.17) is 9.47 Å². The summed E-state index contributed by atoms with van der Waals surface area (Å²) in [6.45, 7) is 6.24. The van der Waals surface area contributed by atoms with Crippen molar-refractivity contribution in [3.8, 4) is 11.5 Å². The molecule has 2 heterocycles.